The number of hydrogen-bond donors (Lipinski definition) is 3. The molecule has 0 saturated heterocycles. The molecule has 10 heteroatoms. The number of benzene rings is 1. The third kappa shape index (κ3) is 3.26. The maximum absolute atomic E-state index is 12.2. The molecule has 0 aliphatic carbocycles. The topological polar surface area (TPSA) is 123 Å². The lowest BCUT2D eigenvalue weighted by atomic mass is 10.2. The van der Waals surface area contributed by atoms with E-state index in [0.717, 1.165) is 0 Å². The summed E-state index contributed by atoms with van der Waals surface area (Å²) in [6.45, 7) is 0. The number of nitrogens with one attached hydrogen (secondary N) is 1. The van der Waals surface area contributed by atoms with E-state index in [2.05, 4.69) is 14.9 Å². The lowest BCUT2D eigenvalue weighted by Gasteiger charge is -2.09. The average Bonchev–Trinajstić information content (AvgIpc) is 2.87. The molecule has 4 N–H and O–H groups in total. The van der Waals surface area contributed by atoms with Crippen LogP contribution in [0, 0.1) is 0 Å². The molecule has 112 valence electrons. The minimum atomic E-state index is -3.87. The van der Waals surface area contributed by atoms with Gasteiger partial charge in [-0.05, 0) is 18.2 Å². The summed E-state index contributed by atoms with van der Waals surface area (Å²) in [7, 11) is -2.22. The Morgan fingerprint density at radius 3 is 2.81 bits per heavy atom. The molecule has 0 aliphatic rings. The Bertz CT molecular complexity index is 800. The molecule has 0 spiro atoms. The van der Waals surface area contributed by atoms with E-state index in [9.17, 15) is 8.42 Å². The van der Waals surface area contributed by atoms with Gasteiger partial charge in [-0.2, -0.15) is 8.42 Å². The molecule has 0 aliphatic heterocycles. The predicted molar refractivity (Wildman–Crippen MR) is 78.0 cm³/mol. The molecule has 21 heavy (non-hydrogen) atoms. The van der Waals surface area contributed by atoms with Gasteiger partial charge in [0.25, 0.3) is 10.0 Å². The first-order chi connectivity index (χ1) is 9.83. The largest absolute Gasteiger partial charge is 0.409 e. The number of oxime groups is 1. The second-order valence-corrected chi connectivity index (χ2v) is 6.20. The summed E-state index contributed by atoms with van der Waals surface area (Å²) in [5.41, 5.74) is 5.88. The van der Waals surface area contributed by atoms with E-state index in [4.69, 9.17) is 22.5 Å². The molecule has 0 unspecified atom stereocenters. The van der Waals surface area contributed by atoms with Crippen molar-refractivity contribution in [2.24, 2.45) is 17.9 Å². The van der Waals surface area contributed by atoms with Gasteiger partial charge in [0.2, 0.25) is 0 Å². The number of nitrogens with two attached hydrogens (primary N) is 1. The number of aromatic nitrogens is 2. The maximum Gasteiger partial charge on any atom is 0.280 e. The SMILES string of the molecule is Cn1cnc(S(=O)(=O)Nc2cc(/C(N)=N/O)ccc2Cl)c1. The van der Waals surface area contributed by atoms with Crippen LogP contribution in [0.4, 0.5) is 5.69 Å². The van der Waals surface area contributed by atoms with Crippen LogP contribution in [0.5, 0.6) is 0 Å². The highest BCUT2D eigenvalue weighted by Crippen LogP contribution is 2.25. The number of imidazole rings is 1. The zero-order valence-electron chi connectivity index (χ0n) is 10.9. The molecule has 0 fully saturated rings. The fourth-order valence-corrected chi connectivity index (χ4v) is 2.82. The van der Waals surface area contributed by atoms with Crippen molar-refractivity contribution < 1.29 is 13.6 Å². The van der Waals surface area contributed by atoms with E-state index in [0.29, 0.717) is 5.56 Å². The number of sulfonamides is 1. The van der Waals surface area contributed by atoms with Crippen LogP contribution in [-0.2, 0) is 17.1 Å². The molecule has 1 aromatic carbocycles. The summed E-state index contributed by atoms with van der Waals surface area (Å²) in [5.74, 6) is -0.162. The number of rotatable bonds is 4. The first kappa shape index (κ1) is 15.1. The number of aryl methyl sites for hydroxylation is 1. The maximum atomic E-state index is 12.2. The van der Waals surface area contributed by atoms with Crippen LogP contribution >= 0.6 is 11.6 Å². The summed E-state index contributed by atoms with van der Waals surface area (Å²) < 4.78 is 28.1. The van der Waals surface area contributed by atoms with Crippen LogP contribution in [0.15, 0.2) is 40.9 Å². The molecule has 0 radical (unpaired) electrons. The van der Waals surface area contributed by atoms with E-state index < -0.39 is 10.0 Å². The van der Waals surface area contributed by atoms with E-state index in [1.165, 1.54) is 35.3 Å². The number of amidine groups is 1. The Labute approximate surface area is 125 Å². The van der Waals surface area contributed by atoms with E-state index in [-0.39, 0.29) is 21.6 Å². The van der Waals surface area contributed by atoms with Crippen molar-refractivity contribution in [2.45, 2.75) is 5.03 Å². The minimum Gasteiger partial charge on any atom is -0.409 e. The third-order valence-electron chi connectivity index (χ3n) is 2.57. The Hall–Kier alpha value is -2.26. The quantitative estimate of drug-likeness (QED) is 0.334. The zero-order chi connectivity index (χ0) is 15.6. The third-order valence-corrected chi connectivity index (χ3v) is 4.15. The predicted octanol–water partition coefficient (Wildman–Crippen LogP) is 0.969. The first-order valence-electron chi connectivity index (χ1n) is 5.61. The van der Waals surface area contributed by atoms with Crippen LogP contribution in [0.3, 0.4) is 0 Å². The molecule has 0 atom stereocenters. The van der Waals surface area contributed by atoms with Gasteiger partial charge in [0, 0.05) is 18.8 Å². The van der Waals surface area contributed by atoms with Gasteiger partial charge in [-0.1, -0.05) is 16.8 Å². The van der Waals surface area contributed by atoms with Crippen LogP contribution in [0.1, 0.15) is 5.56 Å². The first-order valence-corrected chi connectivity index (χ1v) is 7.48. The Kier molecular flexibility index (Phi) is 4.05. The second kappa shape index (κ2) is 5.62. The molecular formula is C11H12ClN5O3S. The highest BCUT2D eigenvalue weighted by atomic mass is 35.5. The summed E-state index contributed by atoms with van der Waals surface area (Å²) >= 11 is 5.95. The van der Waals surface area contributed by atoms with Crippen LogP contribution in [-0.4, -0.2) is 29.0 Å². The molecule has 0 bridgehead atoms. The summed E-state index contributed by atoms with van der Waals surface area (Å²) in [6, 6.07) is 4.29. The fourth-order valence-electron chi connectivity index (χ4n) is 1.55. The highest BCUT2D eigenvalue weighted by molar-refractivity contribution is 7.92. The van der Waals surface area contributed by atoms with Gasteiger partial charge in [-0.15, -0.1) is 0 Å². The molecule has 8 nitrogen and oxygen atoms in total. The lowest BCUT2D eigenvalue weighted by molar-refractivity contribution is 0.318. The van der Waals surface area contributed by atoms with E-state index in [1.54, 1.807) is 7.05 Å². The smallest absolute Gasteiger partial charge is 0.280 e. The van der Waals surface area contributed by atoms with Crippen molar-refractivity contribution in [1.82, 2.24) is 9.55 Å². The van der Waals surface area contributed by atoms with Crippen molar-refractivity contribution in [3.05, 3.63) is 41.3 Å². The monoisotopic (exact) mass is 329 g/mol. The van der Waals surface area contributed by atoms with Gasteiger partial charge in [-0.25, -0.2) is 4.98 Å². The Morgan fingerprint density at radius 1 is 1.52 bits per heavy atom. The van der Waals surface area contributed by atoms with Crippen LogP contribution in [0.2, 0.25) is 5.02 Å². The number of anilines is 1. The summed E-state index contributed by atoms with van der Waals surface area (Å²) in [5, 5.41) is 11.5. The van der Waals surface area contributed by atoms with Crippen molar-refractivity contribution in [3.63, 3.8) is 0 Å². The van der Waals surface area contributed by atoms with Gasteiger partial charge in [-0.3, -0.25) is 4.72 Å². The fraction of sp³-hybridized carbons (Fsp3) is 0.0909. The van der Waals surface area contributed by atoms with Crippen molar-refractivity contribution >= 4 is 33.1 Å². The summed E-state index contributed by atoms with van der Waals surface area (Å²) in [6.07, 6.45) is 2.71. The molecule has 1 aromatic heterocycles. The highest BCUT2D eigenvalue weighted by Gasteiger charge is 2.19. The number of nitrogens with zero attached hydrogens (tertiary/aromatic N) is 3. The molecule has 1 heterocycles. The zero-order valence-corrected chi connectivity index (χ0v) is 12.4. The molecular weight excluding hydrogens is 318 g/mol. The average molecular weight is 330 g/mol. The second-order valence-electron chi connectivity index (χ2n) is 4.16. The van der Waals surface area contributed by atoms with Crippen LogP contribution in [0.25, 0.3) is 0 Å². The Morgan fingerprint density at radius 2 is 2.24 bits per heavy atom. The molecule has 0 saturated carbocycles. The van der Waals surface area contributed by atoms with Gasteiger partial charge < -0.3 is 15.5 Å². The standard InChI is InChI=1S/C11H12ClN5O3S/c1-17-5-10(14-6-17)21(19,20)16-9-4-7(11(13)15-18)2-3-8(9)12/h2-6,16,18H,1H3,(H2,13,15). The van der Waals surface area contributed by atoms with Gasteiger partial charge in [0.15, 0.2) is 10.9 Å². The molecule has 2 rings (SSSR count). The lowest BCUT2D eigenvalue weighted by Crippen LogP contribution is -2.16. The van der Waals surface area contributed by atoms with Crippen LogP contribution < -0.4 is 10.5 Å². The van der Waals surface area contributed by atoms with E-state index >= 15 is 0 Å². The Balaban J connectivity index is 2.39. The van der Waals surface area contributed by atoms with Gasteiger partial charge >= 0.3 is 0 Å². The number of halogens is 1. The number of hydrogen-bond acceptors (Lipinski definition) is 5. The minimum absolute atomic E-state index is 0.103. The van der Waals surface area contributed by atoms with Gasteiger partial charge in [0.05, 0.1) is 17.0 Å². The summed E-state index contributed by atoms with van der Waals surface area (Å²) in [4.78, 5) is 3.77. The van der Waals surface area contributed by atoms with Crippen molar-refractivity contribution in [3.8, 4) is 0 Å². The van der Waals surface area contributed by atoms with Crippen molar-refractivity contribution in [1.29, 1.82) is 0 Å². The van der Waals surface area contributed by atoms with Gasteiger partial charge in [0.1, 0.15) is 0 Å². The van der Waals surface area contributed by atoms with Crippen molar-refractivity contribution in [2.75, 3.05) is 4.72 Å². The molecule has 0 amide bonds. The normalized spacial score (nSPS) is 12.4. The van der Waals surface area contributed by atoms with E-state index in [1.807, 2.05) is 0 Å². The molecule has 2 aromatic rings.